The maximum Gasteiger partial charge on any atom is 0.129 e. The van der Waals surface area contributed by atoms with E-state index in [0.717, 1.165) is 17.0 Å². The van der Waals surface area contributed by atoms with Crippen molar-refractivity contribution in [2.24, 2.45) is 5.84 Å². The first kappa shape index (κ1) is 13.9. The molecule has 1 heterocycles. The third kappa shape index (κ3) is 2.92. The van der Waals surface area contributed by atoms with E-state index in [4.69, 9.17) is 17.4 Å². The summed E-state index contributed by atoms with van der Waals surface area (Å²) >= 11 is 5.76. The minimum Gasteiger partial charge on any atom is -0.271 e. The number of hydrazine groups is 1. The lowest BCUT2D eigenvalue weighted by Crippen LogP contribution is -2.30. The quantitative estimate of drug-likeness (QED) is 0.671. The zero-order valence-corrected chi connectivity index (χ0v) is 11.5. The number of pyridine rings is 1. The molecule has 3 N–H and O–H groups in total. The van der Waals surface area contributed by atoms with Crippen LogP contribution in [0.25, 0.3) is 0 Å². The first-order valence-electron chi connectivity index (χ1n) is 5.88. The van der Waals surface area contributed by atoms with Crippen molar-refractivity contribution in [3.05, 3.63) is 63.7 Å². The maximum absolute atomic E-state index is 14.0. The number of hydrogen-bond donors (Lipinski definition) is 2. The second-order valence-corrected chi connectivity index (χ2v) is 4.83. The lowest BCUT2D eigenvalue weighted by Gasteiger charge is -2.19. The Morgan fingerprint density at radius 1 is 1.21 bits per heavy atom. The Labute approximate surface area is 116 Å². The van der Waals surface area contributed by atoms with Crippen LogP contribution in [-0.4, -0.2) is 4.98 Å². The summed E-state index contributed by atoms with van der Waals surface area (Å²) in [5, 5.41) is 0.357. The molecule has 0 saturated carbocycles. The van der Waals surface area contributed by atoms with Gasteiger partial charge >= 0.3 is 0 Å². The number of halogens is 2. The van der Waals surface area contributed by atoms with Crippen LogP contribution in [0.2, 0.25) is 5.02 Å². The summed E-state index contributed by atoms with van der Waals surface area (Å²) in [5.74, 6) is 5.18. The highest BCUT2D eigenvalue weighted by Gasteiger charge is 2.19. The van der Waals surface area contributed by atoms with Crippen LogP contribution < -0.4 is 11.3 Å². The fourth-order valence-corrected chi connectivity index (χ4v) is 2.24. The average Bonchev–Trinajstić information content (AvgIpc) is 2.34. The summed E-state index contributed by atoms with van der Waals surface area (Å²) in [6.45, 7) is 3.78. The molecular formula is C14H15ClFN3. The second kappa shape index (κ2) is 5.65. The van der Waals surface area contributed by atoms with Gasteiger partial charge in [0.15, 0.2) is 0 Å². The molecule has 1 atom stereocenters. The van der Waals surface area contributed by atoms with Gasteiger partial charge in [-0.2, -0.15) is 0 Å². The van der Waals surface area contributed by atoms with Gasteiger partial charge in [0.2, 0.25) is 0 Å². The molecule has 0 fully saturated rings. The molecule has 5 heteroatoms. The topological polar surface area (TPSA) is 50.9 Å². The maximum atomic E-state index is 14.0. The highest BCUT2D eigenvalue weighted by molar-refractivity contribution is 6.30. The first-order valence-corrected chi connectivity index (χ1v) is 6.26. The largest absolute Gasteiger partial charge is 0.271 e. The summed E-state index contributed by atoms with van der Waals surface area (Å²) in [7, 11) is 0. The van der Waals surface area contributed by atoms with Crippen LogP contribution in [0.15, 0.2) is 30.3 Å². The molecule has 0 aliphatic heterocycles. The van der Waals surface area contributed by atoms with Gasteiger partial charge in [-0.25, -0.2) is 9.82 Å². The molecule has 0 saturated heterocycles. The highest BCUT2D eigenvalue weighted by atomic mass is 35.5. The molecule has 3 nitrogen and oxygen atoms in total. The predicted octanol–water partition coefficient (Wildman–Crippen LogP) is 3.04. The summed E-state index contributed by atoms with van der Waals surface area (Å²) in [5.41, 5.74) is 5.65. The number of nitrogens with one attached hydrogen (secondary N) is 1. The molecule has 0 spiro atoms. The van der Waals surface area contributed by atoms with E-state index in [1.54, 1.807) is 12.1 Å². The van der Waals surface area contributed by atoms with Crippen molar-refractivity contribution in [2.75, 3.05) is 0 Å². The molecule has 2 aromatic rings. The lowest BCUT2D eigenvalue weighted by molar-refractivity contribution is 0.557. The zero-order chi connectivity index (χ0) is 14.0. The van der Waals surface area contributed by atoms with Crippen molar-refractivity contribution in [3.63, 3.8) is 0 Å². The highest BCUT2D eigenvalue weighted by Crippen LogP contribution is 2.27. The van der Waals surface area contributed by atoms with E-state index in [1.165, 1.54) is 6.07 Å². The van der Waals surface area contributed by atoms with E-state index in [0.29, 0.717) is 10.6 Å². The third-order valence-corrected chi connectivity index (χ3v) is 3.25. The van der Waals surface area contributed by atoms with Gasteiger partial charge in [0.25, 0.3) is 0 Å². The van der Waals surface area contributed by atoms with E-state index in [-0.39, 0.29) is 0 Å². The van der Waals surface area contributed by atoms with Crippen molar-refractivity contribution >= 4 is 11.6 Å². The van der Waals surface area contributed by atoms with Crippen molar-refractivity contribution < 1.29 is 4.39 Å². The van der Waals surface area contributed by atoms with Gasteiger partial charge in [-0.05, 0) is 37.6 Å². The third-order valence-electron chi connectivity index (χ3n) is 3.02. The molecule has 0 aliphatic carbocycles. The van der Waals surface area contributed by atoms with Crippen LogP contribution in [0.3, 0.4) is 0 Å². The Morgan fingerprint density at radius 3 is 2.47 bits per heavy atom. The van der Waals surface area contributed by atoms with Crippen LogP contribution in [-0.2, 0) is 0 Å². The Kier molecular flexibility index (Phi) is 4.14. The number of aromatic nitrogens is 1. The van der Waals surface area contributed by atoms with E-state index in [1.807, 2.05) is 26.0 Å². The summed E-state index contributed by atoms with van der Waals surface area (Å²) in [6.07, 6.45) is 0. The molecule has 0 bridgehead atoms. The minimum absolute atomic E-state index is 0.357. The van der Waals surface area contributed by atoms with Gasteiger partial charge in [-0.3, -0.25) is 10.8 Å². The van der Waals surface area contributed by atoms with Gasteiger partial charge < -0.3 is 0 Å². The molecule has 1 unspecified atom stereocenters. The van der Waals surface area contributed by atoms with Gasteiger partial charge in [0, 0.05) is 22.0 Å². The second-order valence-electron chi connectivity index (χ2n) is 4.39. The van der Waals surface area contributed by atoms with Gasteiger partial charge in [-0.1, -0.05) is 23.7 Å². The van der Waals surface area contributed by atoms with E-state index >= 15 is 0 Å². The minimum atomic E-state index is -0.453. The van der Waals surface area contributed by atoms with Crippen molar-refractivity contribution in [1.82, 2.24) is 10.4 Å². The molecule has 2 rings (SSSR count). The molecule has 1 aromatic carbocycles. The monoisotopic (exact) mass is 279 g/mol. The zero-order valence-electron chi connectivity index (χ0n) is 10.7. The first-order chi connectivity index (χ1) is 9.02. The van der Waals surface area contributed by atoms with E-state index in [2.05, 4.69) is 10.4 Å². The van der Waals surface area contributed by atoms with Crippen molar-refractivity contribution in [3.8, 4) is 0 Å². The number of rotatable bonds is 3. The average molecular weight is 280 g/mol. The smallest absolute Gasteiger partial charge is 0.129 e. The Balaban J connectivity index is 2.50. The number of benzene rings is 1. The number of hydrogen-bond acceptors (Lipinski definition) is 3. The van der Waals surface area contributed by atoms with Crippen molar-refractivity contribution in [2.45, 2.75) is 19.9 Å². The van der Waals surface area contributed by atoms with Crippen LogP contribution in [0.4, 0.5) is 4.39 Å². The van der Waals surface area contributed by atoms with Gasteiger partial charge in [0.05, 0.1) is 6.04 Å². The molecule has 100 valence electrons. The standard InChI is InChI=1S/C14H15ClFN3/c1-8-3-5-11(9(2)18-8)14(19-17)12-6-4-10(15)7-13(12)16/h3-7,14,19H,17H2,1-2H3. The molecule has 1 aromatic heterocycles. The van der Waals surface area contributed by atoms with Gasteiger partial charge in [-0.15, -0.1) is 0 Å². The summed E-state index contributed by atoms with van der Waals surface area (Å²) in [4.78, 5) is 4.37. The number of aryl methyl sites for hydroxylation is 2. The van der Waals surface area contributed by atoms with Crippen LogP contribution in [0.1, 0.15) is 28.6 Å². The molecule has 0 amide bonds. The number of nitrogens with two attached hydrogens (primary N) is 1. The fraction of sp³-hybridized carbons (Fsp3) is 0.214. The molecule has 0 aliphatic rings. The Morgan fingerprint density at radius 2 is 1.89 bits per heavy atom. The summed E-state index contributed by atoms with van der Waals surface area (Å²) in [6, 6.07) is 7.86. The molecule has 19 heavy (non-hydrogen) atoms. The molecular weight excluding hydrogens is 265 g/mol. The predicted molar refractivity (Wildman–Crippen MR) is 74.3 cm³/mol. The van der Waals surface area contributed by atoms with E-state index in [9.17, 15) is 4.39 Å². The Bertz CT molecular complexity index is 550. The van der Waals surface area contributed by atoms with Crippen molar-refractivity contribution in [1.29, 1.82) is 0 Å². The fourth-order valence-electron chi connectivity index (χ4n) is 2.09. The van der Waals surface area contributed by atoms with Crippen LogP contribution in [0.5, 0.6) is 0 Å². The SMILES string of the molecule is Cc1ccc(C(NN)c2ccc(Cl)cc2F)c(C)n1. The van der Waals surface area contributed by atoms with Gasteiger partial charge in [0.1, 0.15) is 5.82 Å². The van der Waals surface area contributed by atoms with Crippen LogP contribution >= 0.6 is 11.6 Å². The summed E-state index contributed by atoms with van der Waals surface area (Å²) < 4.78 is 14.0. The van der Waals surface area contributed by atoms with E-state index < -0.39 is 11.9 Å². The molecule has 0 radical (unpaired) electrons. The number of nitrogens with zero attached hydrogens (tertiary/aromatic N) is 1. The normalized spacial score (nSPS) is 12.5. The lowest BCUT2D eigenvalue weighted by atomic mass is 9.97. The van der Waals surface area contributed by atoms with Crippen LogP contribution in [0, 0.1) is 19.7 Å². The Hall–Kier alpha value is -1.49.